The number of halogens is 1. The highest BCUT2D eigenvalue weighted by Gasteiger charge is 2.13. The molecule has 0 radical (unpaired) electrons. The number of carbonyl (C=O) groups is 2. The number of primary amides is 1. The molecule has 3 aromatic rings. The molecule has 0 aliphatic heterocycles. The molecular weight excluding hydrogens is 420 g/mol. The quantitative estimate of drug-likeness (QED) is 0.572. The molecule has 28 heavy (non-hydrogen) atoms. The van der Waals surface area contributed by atoms with Crippen molar-refractivity contribution in [2.24, 2.45) is 5.73 Å². The lowest BCUT2D eigenvalue weighted by Gasteiger charge is -2.11. The number of nitrogens with one attached hydrogen (secondary N) is 1. The number of hydrogen-bond acceptors (Lipinski definition) is 3. The molecule has 142 valence electrons. The highest BCUT2D eigenvalue weighted by atomic mass is 79.9. The second-order valence-electron chi connectivity index (χ2n) is 6.09. The van der Waals surface area contributed by atoms with Gasteiger partial charge in [-0.2, -0.15) is 0 Å². The molecule has 0 atom stereocenters. The molecule has 5 nitrogen and oxygen atoms in total. The fourth-order valence-corrected chi connectivity index (χ4v) is 3.18. The van der Waals surface area contributed by atoms with Crippen molar-refractivity contribution in [1.82, 2.24) is 0 Å². The summed E-state index contributed by atoms with van der Waals surface area (Å²) in [5.74, 6) is -0.283. The van der Waals surface area contributed by atoms with E-state index >= 15 is 0 Å². The van der Waals surface area contributed by atoms with Crippen molar-refractivity contribution in [1.29, 1.82) is 0 Å². The van der Waals surface area contributed by atoms with Crippen molar-refractivity contribution in [3.05, 3.63) is 94.0 Å². The van der Waals surface area contributed by atoms with Crippen LogP contribution in [0.2, 0.25) is 0 Å². The lowest BCUT2D eigenvalue weighted by atomic mass is 10.1. The summed E-state index contributed by atoms with van der Waals surface area (Å²) < 4.78 is 6.48. The van der Waals surface area contributed by atoms with Crippen LogP contribution >= 0.6 is 15.9 Å². The van der Waals surface area contributed by atoms with Crippen LogP contribution in [0.3, 0.4) is 0 Å². The summed E-state index contributed by atoms with van der Waals surface area (Å²) in [7, 11) is 0. The van der Waals surface area contributed by atoms with E-state index in [1.807, 2.05) is 18.2 Å². The number of para-hydroxylation sites is 1. The molecular formula is C22H19BrN2O3. The van der Waals surface area contributed by atoms with Crippen LogP contribution in [0.15, 0.2) is 77.3 Å². The summed E-state index contributed by atoms with van der Waals surface area (Å²) in [6.45, 7) is 0.528. The van der Waals surface area contributed by atoms with Crippen LogP contribution in [-0.2, 0) is 6.42 Å². The van der Waals surface area contributed by atoms with Crippen molar-refractivity contribution in [2.45, 2.75) is 6.42 Å². The molecule has 3 aromatic carbocycles. The van der Waals surface area contributed by atoms with Crippen molar-refractivity contribution < 1.29 is 14.3 Å². The molecule has 0 fully saturated rings. The van der Waals surface area contributed by atoms with Gasteiger partial charge < -0.3 is 15.8 Å². The van der Waals surface area contributed by atoms with E-state index in [1.165, 1.54) is 5.56 Å². The number of carbonyl (C=O) groups excluding carboxylic acids is 2. The fourth-order valence-electron chi connectivity index (χ4n) is 2.68. The summed E-state index contributed by atoms with van der Waals surface area (Å²) in [6.07, 6.45) is 0.791. The SMILES string of the molecule is NC(=O)c1ccccc1NC(=O)c1ccc(OCCc2ccccc2)c(Br)c1. The number of ether oxygens (including phenoxy) is 1. The average molecular weight is 439 g/mol. The van der Waals surface area contributed by atoms with Crippen molar-refractivity contribution in [3.63, 3.8) is 0 Å². The summed E-state index contributed by atoms with van der Waals surface area (Å²) in [5, 5.41) is 2.72. The highest BCUT2D eigenvalue weighted by Crippen LogP contribution is 2.27. The Kier molecular flexibility index (Phi) is 6.45. The summed E-state index contributed by atoms with van der Waals surface area (Å²) >= 11 is 3.45. The molecule has 2 amide bonds. The first kappa shape index (κ1) is 19.6. The number of amides is 2. The Hall–Kier alpha value is -3.12. The summed E-state index contributed by atoms with van der Waals surface area (Å²) in [5.41, 5.74) is 7.61. The zero-order chi connectivity index (χ0) is 19.9. The molecule has 0 saturated heterocycles. The Morgan fingerprint density at radius 1 is 0.964 bits per heavy atom. The van der Waals surface area contributed by atoms with E-state index in [-0.39, 0.29) is 11.5 Å². The van der Waals surface area contributed by atoms with E-state index in [0.717, 1.165) is 6.42 Å². The smallest absolute Gasteiger partial charge is 0.255 e. The van der Waals surface area contributed by atoms with Gasteiger partial charge in [-0.15, -0.1) is 0 Å². The van der Waals surface area contributed by atoms with E-state index in [4.69, 9.17) is 10.5 Å². The number of rotatable bonds is 7. The normalized spacial score (nSPS) is 10.3. The largest absolute Gasteiger partial charge is 0.492 e. The van der Waals surface area contributed by atoms with Gasteiger partial charge in [-0.25, -0.2) is 0 Å². The van der Waals surface area contributed by atoms with Crippen LogP contribution in [0, 0.1) is 0 Å². The third-order valence-electron chi connectivity index (χ3n) is 4.13. The fraction of sp³-hybridized carbons (Fsp3) is 0.0909. The second kappa shape index (κ2) is 9.19. The summed E-state index contributed by atoms with van der Waals surface area (Å²) in [4.78, 5) is 24.0. The average Bonchev–Trinajstić information content (AvgIpc) is 2.70. The Morgan fingerprint density at radius 3 is 2.39 bits per heavy atom. The topological polar surface area (TPSA) is 81.4 Å². The maximum absolute atomic E-state index is 12.5. The van der Waals surface area contributed by atoms with Crippen LogP contribution in [0.25, 0.3) is 0 Å². The maximum atomic E-state index is 12.5. The molecule has 0 saturated carbocycles. The third-order valence-corrected chi connectivity index (χ3v) is 4.75. The molecule has 0 aliphatic carbocycles. The standard InChI is InChI=1S/C22H19BrN2O3/c23-18-14-16(22(27)25-19-9-5-4-8-17(19)21(24)26)10-11-20(18)28-13-12-15-6-2-1-3-7-15/h1-11,14H,12-13H2,(H2,24,26)(H,25,27). The van der Waals surface area contributed by atoms with Crippen molar-refractivity contribution >= 4 is 33.4 Å². The predicted molar refractivity (Wildman–Crippen MR) is 113 cm³/mol. The van der Waals surface area contributed by atoms with Gasteiger partial charge in [-0.3, -0.25) is 9.59 Å². The molecule has 3 N–H and O–H groups in total. The van der Waals surface area contributed by atoms with Crippen LogP contribution in [0.4, 0.5) is 5.69 Å². The van der Waals surface area contributed by atoms with Gasteiger partial charge in [-0.05, 0) is 51.8 Å². The van der Waals surface area contributed by atoms with Crippen LogP contribution in [0.5, 0.6) is 5.75 Å². The summed E-state index contributed by atoms with van der Waals surface area (Å²) in [6, 6.07) is 21.8. The van der Waals surface area contributed by atoms with Crippen LogP contribution < -0.4 is 15.8 Å². The van der Waals surface area contributed by atoms with Crippen LogP contribution in [-0.4, -0.2) is 18.4 Å². The van der Waals surface area contributed by atoms with Gasteiger partial charge in [0.25, 0.3) is 11.8 Å². The first-order valence-electron chi connectivity index (χ1n) is 8.71. The van der Waals surface area contributed by atoms with E-state index in [1.54, 1.807) is 42.5 Å². The van der Waals surface area contributed by atoms with Crippen molar-refractivity contribution in [3.8, 4) is 5.75 Å². The monoisotopic (exact) mass is 438 g/mol. The van der Waals surface area contributed by atoms with E-state index in [9.17, 15) is 9.59 Å². The Labute approximate surface area is 171 Å². The molecule has 6 heteroatoms. The highest BCUT2D eigenvalue weighted by molar-refractivity contribution is 9.10. The number of hydrogen-bond donors (Lipinski definition) is 2. The van der Waals surface area contributed by atoms with E-state index in [0.29, 0.717) is 28.1 Å². The Balaban J connectivity index is 1.65. The third kappa shape index (κ3) is 4.98. The zero-order valence-corrected chi connectivity index (χ0v) is 16.6. The lowest BCUT2D eigenvalue weighted by Crippen LogP contribution is -2.18. The van der Waals surface area contributed by atoms with Crippen LogP contribution in [0.1, 0.15) is 26.3 Å². The van der Waals surface area contributed by atoms with Gasteiger partial charge in [0, 0.05) is 12.0 Å². The van der Waals surface area contributed by atoms with Gasteiger partial charge in [0.15, 0.2) is 0 Å². The minimum Gasteiger partial charge on any atom is -0.492 e. The van der Waals surface area contributed by atoms with Crippen molar-refractivity contribution in [2.75, 3.05) is 11.9 Å². The lowest BCUT2D eigenvalue weighted by molar-refractivity contribution is 0.100. The number of nitrogens with two attached hydrogens (primary N) is 1. The molecule has 0 aromatic heterocycles. The minimum absolute atomic E-state index is 0.260. The molecule has 0 unspecified atom stereocenters. The zero-order valence-electron chi connectivity index (χ0n) is 15.0. The molecule has 0 heterocycles. The molecule has 0 bridgehead atoms. The maximum Gasteiger partial charge on any atom is 0.255 e. The number of anilines is 1. The minimum atomic E-state index is -0.598. The predicted octanol–water partition coefficient (Wildman–Crippen LogP) is 4.42. The number of benzene rings is 3. The Bertz CT molecular complexity index is 990. The van der Waals surface area contributed by atoms with E-state index < -0.39 is 5.91 Å². The van der Waals surface area contributed by atoms with Gasteiger partial charge in [0.05, 0.1) is 22.3 Å². The van der Waals surface area contributed by atoms with Gasteiger partial charge in [-0.1, -0.05) is 42.5 Å². The van der Waals surface area contributed by atoms with E-state index in [2.05, 4.69) is 33.4 Å². The first-order chi connectivity index (χ1) is 13.5. The van der Waals surface area contributed by atoms with Gasteiger partial charge in [0.1, 0.15) is 5.75 Å². The Morgan fingerprint density at radius 2 is 1.68 bits per heavy atom. The second-order valence-corrected chi connectivity index (χ2v) is 6.95. The molecule has 3 rings (SSSR count). The van der Waals surface area contributed by atoms with Gasteiger partial charge >= 0.3 is 0 Å². The molecule has 0 spiro atoms. The first-order valence-corrected chi connectivity index (χ1v) is 9.50. The van der Waals surface area contributed by atoms with Gasteiger partial charge in [0.2, 0.25) is 0 Å². The molecule has 0 aliphatic rings.